The van der Waals surface area contributed by atoms with Gasteiger partial charge in [-0.05, 0) is 36.0 Å². The van der Waals surface area contributed by atoms with Crippen LogP contribution in [0.15, 0.2) is 24.3 Å². The van der Waals surface area contributed by atoms with Crippen molar-refractivity contribution in [2.75, 3.05) is 13.2 Å². The van der Waals surface area contributed by atoms with Crippen molar-refractivity contribution < 1.29 is 14.9 Å². The number of hydrogen-bond donors (Lipinski definition) is 3. The summed E-state index contributed by atoms with van der Waals surface area (Å²) in [5, 5.41) is 23.2. The largest absolute Gasteiger partial charge is 0.491 e. The molecule has 3 atom stereocenters. The summed E-state index contributed by atoms with van der Waals surface area (Å²) in [5.41, 5.74) is 1.39. The van der Waals surface area contributed by atoms with Crippen LogP contribution in [0.2, 0.25) is 0 Å². The van der Waals surface area contributed by atoms with Crippen LogP contribution in [-0.4, -0.2) is 41.6 Å². The van der Waals surface area contributed by atoms with Gasteiger partial charge in [0.05, 0.1) is 6.10 Å². The van der Waals surface area contributed by atoms with E-state index >= 15 is 0 Å². The first-order valence-corrected chi connectivity index (χ1v) is 8.69. The van der Waals surface area contributed by atoms with Gasteiger partial charge in [-0.15, -0.1) is 0 Å². The molecule has 1 fully saturated rings. The van der Waals surface area contributed by atoms with Crippen LogP contribution < -0.4 is 10.1 Å². The SMILES string of the molecule is CC(C)(C)c1ccc(OCC(O)CN[C@H]2CCCC[C@@H]2O)cc1. The van der Waals surface area contributed by atoms with Crippen LogP contribution in [0.5, 0.6) is 5.75 Å². The molecular formula is C19H31NO3. The number of aliphatic hydroxyl groups is 2. The van der Waals surface area contributed by atoms with Gasteiger partial charge in [-0.25, -0.2) is 0 Å². The molecule has 1 aromatic rings. The van der Waals surface area contributed by atoms with Crippen molar-refractivity contribution in [3.8, 4) is 5.75 Å². The van der Waals surface area contributed by atoms with Crippen LogP contribution in [0.3, 0.4) is 0 Å². The molecule has 4 nitrogen and oxygen atoms in total. The average molecular weight is 321 g/mol. The summed E-state index contributed by atoms with van der Waals surface area (Å²) in [4.78, 5) is 0. The molecule has 0 spiro atoms. The van der Waals surface area contributed by atoms with Crippen LogP contribution in [0, 0.1) is 0 Å². The van der Waals surface area contributed by atoms with Gasteiger partial charge in [0.25, 0.3) is 0 Å². The summed E-state index contributed by atoms with van der Waals surface area (Å²) in [6, 6.07) is 8.14. The third-order valence-corrected chi connectivity index (χ3v) is 4.51. The Morgan fingerprint density at radius 1 is 1.17 bits per heavy atom. The van der Waals surface area contributed by atoms with Crippen LogP contribution in [0.25, 0.3) is 0 Å². The molecule has 0 heterocycles. The van der Waals surface area contributed by atoms with E-state index in [1.54, 1.807) is 0 Å². The first-order valence-electron chi connectivity index (χ1n) is 8.69. The zero-order valence-corrected chi connectivity index (χ0v) is 14.6. The fourth-order valence-corrected chi connectivity index (χ4v) is 2.94. The minimum absolute atomic E-state index is 0.101. The molecule has 130 valence electrons. The highest BCUT2D eigenvalue weighted by atomic mass is 16.5. The molecule has 4 heteroatoms. The highest BCUT2D eigenvalue weighted by Crippen LogP contribution is 2.24. The number of benzene rings is 1. The molecule has 0 radical (unpaired) electrons. The molecule has 0 aromatic heterocycles. The van der Waals surface area contributed by atoms with Crippen LogP contribution in [0.1, 0.15) is 52.0 Å². The van der Waals surface area contributed by atoms with Gasteiger partial charge in [-0.3, -0.25) is 0 Å². The summed E-state index contributed by atoms with van der Waals surface area (Å²) >= 11 is 0. The number of ether oxygens (including phenoxy) is 1. The van der Waals surface area contributed by atoms with E-state index in [1.807, 2.05) is 12.1 Å². The molecular weight excluding hydrogens is 290 g/mol. The lowest BCUT2D eigenvalue weighted by Gasteiger charge is -2.29. The Kier molecular flexibility index (Phi) is 6.45. The van der Waals surface area contributed by atoms with Crippen LogP contribution in [-0.2, 0) is 5.41 Å². The first-order chi connectivity index (χ1) is 10.9. The summed E-state index contributed by atoms with van der Waals surface area (Å²) in [6.45, 7) is 7.24. The van der Waals surface area contributed by atoms with E-state index in [9.17, 15) is 10.2 Å². The number of aliphatic hydroxyl groups excluding tert-OH is 2. The lowest BCUT2D eigenvalue weighted by molar-refractivity contribution is 0.0673. The van der Waals surface area contributed by atoms with E-state index in [0.29, 0.717) is 6.54 Å². The van der Waals surface area contributed by atoms with Crippen molar-refractivity contribution in [1.82, 2.24) is 5.32 Å². The number of rotatable bonds is 6. The van der Waals surface area contributed by atoms with Crippen molar-refractivity contribution >= 4 is 0 Å². The van der Waals surface area contributed by atoms with Gasteiger partial charge in [-0.2, -0.15) is 0 Å². The molecule has 0 saturated heterocycles. The van der Waals surface area contributed by atoms with Crippen molar-refractivity contribution in [3.63, 3.8) is 0 Å². The second-order valence-corrected chi connectivity index (χ2v) is 7.61. The van der Waals surface area contributed by atoms with Gasteiger partial charge >= 0.3 is 0 Å². The summed E-state index contributed by atoms with van der Waals surface area (Å²) in [6.07, 6.45) is 3.19. The maximum atomic E-state index is 10.0. The Balaban J connectivity index is 1.72. The molecule has 0 amide bonds. The van der Waals surface area contributed by atoms with Gasteiger partial charge < -0.3 is 20.3 Å². The highest BCUT2D eigenvalue weighted by molar-refractivity contribution is 5.31. The van der Waals surface area contributed by atoms with Crippen molar-refractivity contribution in [2.45, 2.75) is 70.1 Å². The third-order valence-electron chi connectivity index (χ3n) is 4.51. The Labute approximate surface area is 139 Å². The Morgan fingerprint density at radius 3 is 2.43 bits per heavy atom. The fraction of sp³-hybridized carbons (Fsp3) is 0.684. The Bertz CT molecular complexity index is 466. The molecule has 0 bridgehead atoms. The van der Waals surface area contributed by atoms with Gasteiger partial charge in [-0.1, -0.05) is 45.7 Å². The summed E-state index contributed by atoms with van der Waals surface area (Å²) in [5.74, 6) is 0.773. The molecule has 1 unspecified atom stereocenters. The predicted octanol–water partition coefficient (Wildman–Crippen LogP) is 2.62. The average Bonchev–Trinajstić information content (AvgIpc) is 2.51. The molecule has 1 aromatic carbocycles. The van der Waals surface area contributed by atoms with Gasteiger partial charge in [0, 0.05) is 12.6 Å². The monoisotopic (exact) mass is 321 g/mol. The van der Waals surface area contributed by atoms with E-state index in [0.717, 1.165) is 31.4 Å². The lowest BCUT2D eigenvalue weighted by atomic mass is 9.87. The van der Waals surface area contributed by atoms with Crippen molar-refractivity contribution in [1.29, 1.82) is 0 Å². The molecule has 0 aliphatic heterocycles. The molecule has 1 aliphatic rings. The maximum Gasteiger partial charge on any atom is 0.119 e. The molecule has 1 aliphatic carbocycles. The first kappa shape index (κ1) is 18.2. The minimum Gasteiger partial charge on any atom is -0.491 e. The summed E-state index contributed by atoms with van der Waals surface area (Å²) < 4.78 is 5.65. The molecule has 2 rings (SSSR count). The minimum atomic E-state index is -0.577. The third kappa shape index (κ3) is 5.79. The second-order valence-electron chi connectivity index (χ2n) is 7.61. The van der Waals surface area contributed by atoms with E-state index < -0.39 is 6.10 Å². The maximum absolute atomic E-state index is 10.0. The predicted molar refractivity (Wildman–Crippen MR) is 92.9 cm³/mol. The smallest absolute Gasteiger partial charge is 0.119 e. The zero-order chi connectivity index (χ0) is 16.9. The topological polar surface area (TPSA) is 61.7 Å². The van der Waals surface area contributed by atoms with E-state index in [-0.39, 0.29) is 24.2 Å². The van der Waals surface area contributed by atoms with E-state index in [4.69, 9.17) is 4.74 Å². The Hall–Kier alpha value is -1.10. The fourth-order valence-electron chi connectivity index (χ4n) is 2.94. The van der Waals surface area contributed by atoms with Crippen LogP contribution in [0.4, 0.5) is 0 Å². The number of nitrogens with one attached hydrogen (secondary N) is 1. The Morgan fingerprint density at radius 2 is 1.83 bits per heavy atom. The second kappa shape index (κ2) is 8.13. The summed E-state index contributed by atoms with van der Waals surface area (Å²) in [7, 11) is 0. The van der Waals surface area contributed by atoms with Gasteiger partial charge in [0.1, 0.15) is 18.5 Å². The van der Waals surface area contributed by atoms with Gasteiger partial charge in [0.2, 0.25) is 0 Å². The number of hydrogen-bond acceptors (Lipinski definition) is 4. The highest BCUT2D eigenvalue weighted by Gasteiger charge is 2.23. The van der Waals surface area contributed by atoms with E-state index in [1.165, 1.54) is 5.56 Å². The molecule has 23 heavy (non-hydrogen) atoms. The lowest BCUT2D eigenvalue weighted by Crippen LogP contribution is -2.45. The molecule has 3 N–H and O–H groups in total. The van der Waals surface area contributed by atoms with Crippen molar-refractivity contribution in [2.24, 2.45) is 0 Å². The van der Waals surface area contributed by atoms with E-state index in [2.05, 4.69) is 38.2 Å². The zero-order valence-electron chi connectivity index (χ0n) is 14.6. The normalized spacial score (nSPS) is 23.5. The quantitative estimate of drug-likeness (QED) is 0.754. The van der Waals surface area contributed by atoms with Crippen molar-refractivity contribution in [3.05, 3.63) is 29.8 Å². The van der Waals surface area contributed by atoms with Crippen LogP contribution >= 0.6 is 0 Å². The molecule has 1 saturated carbocycles. The standard InChI is InChI=1S/C19H31NO3/c1-19(2,3)14-8-10-16(11-9-14)23-13-15(21)12-20-17-6-4-5-7-18(17)22/h8-11,15,17-18,20-22H,4-7,12-13H2,1-3H3/t15?,17-,18-/m0/s1. The van der Waals surface area contributed by atoms with Gasteiger partial charge in [0.15, 0.2) is 0 Å².